The number of nitrogens with zero attached hydrogens (tertiary/aromatic N) is 1. The third-order valence-corrected chi connectivity index (χ3v) is 2.98. The van der Waals surface area contributed by atoms with Crippen molar-refractivity contribution in [1.82, 2.24) is 0 Å². The SMILES string of the molecule is CCCCC(C)(CC#N)C(C)C. The van der Waals surface area contributed by atoms with Gasteiger partial charge in [-0.3, -0.25) is 0 Å². The number of unbranched alkanes of at least 4 members (excludes halogenated alkanes) is 1. The molecule has 0 fully saturated rings. The smallest absolute Gasteiger partial charge is 0.0627 e. The highest BCUT2D eigenvalue weighted by molar-refractivity contribution is 4.87. The number of rotatable bonds is 5. The number of hydrogen-bond acceptors (Lipinski definition) is 1. The van der Waals surface area contributed by atoms with Crippen molar-refractivity contribution in [3.05, 3.63) is 0 Å². The van der Waals surface area contributed by atoms with E-state index in [1.165, 1.54) is 19.3 Å². The van der Waals surface area contributed by atoms with Crippen molar-refractivity contribution in [3.8, 4) is 6.07 Å². The molecule has 0 heterocycles. The van der Waals surface area contributed by atoms with Crippen LogP contribution in [0.15, 0.2) is 0 Å². The number of hydrogen-bond donors (Lipinski definition) is 0. The lowest BCUT2D eigenvalue weighted by Crippen LogP contribution is -2.22. The van der Waals surface area contributed by atoms with Gasteiger partial charge in [-0.25, -0.2) is 0 Å². The second-order valence-electron chi connectivity index (χ2n) is 4.25. The zero-order chi connectivity index (χ0) is 9.61. The van der Waals surface area contributed by atoms with Gasteiger partial charge in [0, 0.05) is 6.42 Å². The van der Waals surface area contributed by atoms with Crippen LogP contribution in [0.4, 0.5) is 0 Å². The highest BCUT2D eigenvalue weighted by atomic mass is 14.3. The van der Waals surface area contributed by atoms with Gasteiger partial charge in [-0.1, -0.05) is 40.5 Å². The first-order valence-corrected chi connectivity index (χ1v) is 4.93. The van der Waals surface area contributed by atoms with E-state index in [-0.39, 0.29) is 5.41 Å². The Labute approximate surface area is 76.8 Å². The fourth-order valence-electron chi connectivity index (χ4n) is 1.34. The van der Waals surface area contributed by atoms with E-state index in [9.17, 15) is 0 Å². The van der Waals surface area contributed by atoms with Crippen LogP contribution in [-0.2, 0) is 0 Å². The fraction of sp³-hybridized carbons (Fsp3) is 0.909. The Morgan fingerprint density at radius 3 is 2.33 bits per heavy atom. The Morgan fingerprint density at radius 2 is 2.00 bits per heavy atom. The van der Waals surface area contributed by atoms with Crippen molar-refractivity contribution in [2.24, 2.45) is 11.3 Å². The zero-order valence-electron chi connectivity index (χ0n) is 8.85. The van der Waals surface area contributed by atoms with Gasteiger partial charge >= 0.3 is 0 Å². The molecular weight excluding hydrogens is 146 g/mol. The molecule has 0 radical (unpaired) electrons. The van der Waals surface area contributed by atoms with Gasteiger partial charge in [0.05, 0.1) is 6.07 Å². The first kappa shape index (κ1) is 11.5. The average Bonchev–Trinajstić information content (AvgIpc) is 2.01. The summed E-state index contributed by atoms with van der Waals surface area (Å²) in [4.78, 5) is 0. The van der Waals surface area contributed by atoms with Gasteiger partial charge in [-0.05, 0) is 17.8 Å². The van der Waals surface area contributed by atoms with Crippen molar-refractivity contribution >= 4 is 0 Å². The fourth-order valence-corrected chi connectivity index (χ4v) is 1.34. The molecular formula is C11H21N. The first-order valence-electron chi connectivity index (χ1n) is 4.93. The van der Waals surface area contributed by atoms with Gasteiger partial charge in [-0.2, -0.15) is 5.26 Å². The predicted octanol–water partition coefficient (Wildman–Crippen LogP) is 3.75. The molecule has 0 aromatic carbocycles. The summed E-state index contributed by atoms with van der Waals surface area (Å²) in [5.74, 6) is 0.615. The van der Waals surface area contributed by atoms with Crippen LogP contribution in [0.3, 0.4) is 0 Å². The summed E-state index contributed by atoms with van der Waals surface area (Å²) >= 11 is 0. The lowest BCUT2D eigenvalue weighted by Gasteiger charge is -2.31. The number of nitriles is 1. The second kappa shape index (κ2) is 5.19. The van der Waals surface area contributed by atoms with E-state index < -0.39 is 0 Å². The van der Waals surface area contributed by atoms with Crippen LogP contribution in [0.1, 0.15) is 53.4 Å². The summed E-state index contributed by atoms with van der Waals surface area (Å²) < 4.78 is 0. The molecule has 12 heavy (non-hydrogen) atoms. The molecule has 1 nitrogen and oxygen atoms in total. The molecule has 0 aromatic heterocycles. The van der Waals surface area contributed by atoms with E-state index >= 15 is 0 Å². The third-order valence-electron chi connectivity index (χ3n) is 2.98. The molecule has 0 amide bonds. The highest BCUT2D eigenvalue weighted by Crippen LogP contribution is 2.35. The van der Waals surface area contributed by atoms with Crippen molar-refractivity contribution in [2.45, 2.75) is 53.4 Å². The highest BCUT2D eigenvalue weighted by Gasteiger charge is 2.26. The van der Waals surface area contributed by atoms with Crippen LogP contribution in [-0.4, -0.2) is 0 Å². The third kappa shape index (κ3) is 3.26. The largest absolute Gasteiger partial charge is 0.198 e. The van der Waals surface area contributed by atoms with Gasteiger partial charge in [0.1, 0.15) is 0 Å². The van der Waals surface area contributed by atoms with Crippen molar-refractivity contribution in [2.75, 3.05) is 0 Å². The average molecular weight is 167 g/mol. The van der Waals surface area contributed by atoms with Gasteiger partial charge in [0.15, 0.2) is 0 Å². The van der Waals surface area contributed by atoms with E-state index in [0.717, 1.165) is 0 Å². The Bertz CT molecular complexity index is 155. The molecule has 0 spiro atoms. The molecule has 0 aliphatic heterocycles. The molecule has 0 saturated carbocycles. The topological polar surface area (TPSA) is 23.8 Å². The lowest BCUT2D eigenvalue weighted by atomic mass is 9.73. The van der Waals surface area contributed by atoms with Crippen LogP contribution < -0.4 is 0 Å². The van der Waals surface area contributed by atoms with Crippen molar-refractivity contribution < 1.29 is 0 Å². The van der Waals surface area contributed by atoms with E-state index in [0.29, 0.717) is 12.3 Å². The monoisotopic (exact) mass is 167 g/mol. The van der Waals surface area contributed by atoms with Crippen LogP contribution in [0.2, 0.25) is 0 Å². The Morgan fingerprint density at radius 1 is 1.42 bits per heavy atom. The van der Waals surface area contributed by atoms with Crippen LogP contribution in [0.25, 0.3) is 0 Å². The standard InChI is InChI=1S/C11H21N/c1-5-6-7-11(4,8-9-12)10(2)3/h10H,5-8H2,1-4H3. The van der Waals surface area contributed by atoms with E-state index in [1.54, 1.807) is 0 Å². The van der Waals surface area contributed by atoms with Crippen LogP contribution in [0, 0.1) is 22.7 Å². The molecule has 1 heteroatoms. The quantitative estimate of drug-likeness (QED) is 0.611. The molecule has 0 aromatic rings. The minimum atomic E-state index is 0.241. The molecule has 0 N–H and O–H groups in total. The zero-order valence-corrected chi connectivity index (χ0v) is 8.85. The minimum absolute atomic E-state index is 0.241. The summed E-state index contributed by atoms with van der Waals surface area (Å²) in [7, 11) is 0. The summed E-state index contributed by atoms with van der Waals surface area (Å²) in [6, 6.07) is 2.30. The summed E-state index contributed by atoms with van der Waals surface area (Å²) in [5.41, 5.74) is 0.241. The molecule has 0 bridgehead atoms. The van der Waals surface area contributed by atoms with Gasteiger partial charge in [0.25, 0.3) is 0 Å². The minimum Gasteiger partial charge on any atom is -0.198 e. The first-order chi connectivity index (χ1) is 5.56. The van der Waals surface area contributed by atoms with Gasteiger partial charge in [0.2, 0.25) is 0 Å². The van der Waals surface area contributed by atoms with Crippen LogP contribution in [0.5, 0.6) is 0 Å². The normalized spacial score (nSPS) is 15.7. The molecule has 0 rings (SSSR count). The maximum atomic E-state index is 8.70. The second-order valence-corrected chi connectivity index (χ2v) is 4.25. The van der Waals surface area contributed by atoms with Crippen molar-refractivity contribution in [1.29, 1.82) is 5.26 Å². The van der Waals surface area contributed by atoms with Crippen molar-refractivity contribution in [3.63, 3.8) is 0 Å². The Kier molecular flexibility index (Phi) is 4.97. The Hall–Kier alpha value is -0.510. The molecule has 0 aliphatic carbocycles. The van der Waals surface area contributed by atoms with E-state index in [2.05, 4.69) is 33.8 Å². The summed E-state index contributed by atoms with van der Waals surface area (Å²) in [6.45, 7) is 8.86. The van der Waals surface area contributed by atoms with E-state index in [4.69, 9.17) is 5.26 Å². The maximum Gasteiger partial charge on any atom is 0.0627 e. The maximum absolute atomic E-state index is 8.70. The lowest BCUT2D eigenvalue weighted by molar-refractivity contribution is 0.199. The molecule has 1 atom stereocenters. The Balaban J connectivity index is 4.10. The molecule has 0 aliphatic rings. The van der Waals surface area contributed by atoms with Gasteiger partial charge < -0.3 is 0 Å². The molecule has 0 saturated heterocycles. The molecule has 1 unspecified atom stereocenters. The summed E-state index contributed by atoms with van der Waals surface area (Å²) in [5, 5.41) is 8.70. The van der Waals surface area contributed by atoms with Gasteiger partial charge in [-0.15, -0.1) is 0 Å². The molecule has 70 valence electrons. The van der Waals surface area contributed by atoms with E-state index in [1.807, 2.05) is 0 Å². The van der Waals surface area contributed by atoms with Crippen LogP contribution >= 0.6 is 0 Å². The summed E-state index contributed by atoms with van der Waals surface area (Å²) in [6.07, 6.45) is 4.36. The predicted molar refractivity (Wildman–Crippen MR) is 52.7 cm³/mol.